The Hall–Kier alpha value is -1.09. The molecule has 1 fully saturated rings. The fourth-order valence-electron chi connectivity index (χ4n) is 2.26. The Morgan fingerprint density at radius 1 is 1.48 bits per heavy atom. The Morgan fingerprint density at radius 2 is 2.14 bits per heavy atom. The van der Waals surface area contributed by atoms with E-state index in [1.165, 1.54) is 18.3 Å². The number of nitrogens with zero attached hydrogens (tertiary/aromatic N) is 2. The molecule has 0 aromatic carbocycles. The predicted octanol–water partition coefficient (Wildman–Crippen LogP) is 0.336. The van der Waals surface area contributed by atoms with Crippen LogP contribution in [0.2, 0.25) is 0 Å². The molecule has 0 amide bonds. The number of sulfonamides is 1. The Balaban J connectivity index is 1.96. The molecule has 116 valence electrons. The van der Waals surface area contributed by atoms with Crippen molar-refractivity contribution < 1.29 is 8.42 Å². The first-order valence-corrected chi connectivity index (χ1v) is 8.71. The van der Waals surface area contributed by atoms with Crippen LogP contribution in [-0.2, 0) is 10.0 Å². The second kappa shape index (κ2) is 6.78. The van der Waals surface area contributed by atoms with Crippen LogP contribution in [-0.4, -0.2) is 50.0 Å². The maximum atomic E-state index is 12.2. The van der Waals surface area contributed by atoms with Crippen LogP contribution in [0.4, 0.5) is 0 Å². The van der Waals surface area contributed by atoms with E-state index in [2.05, 4.69) is 21.7 Å². The first kappa shape index (κ1) is 16.3. The zero-order valence-electron chi connectivity index (χ0n) is 11.9. The van der Waals surface area contributed by atoms with Crippen molar-refractivity contribution in [1.82, 2.24) is 14.6 Å². The van der Waals surface area contributed by atoms with Crippen LogP contribution in [0, 0.1) is 5.92 Å². The van der Waals surface area contributed by atoms with E-state index in [1.54, 1.807) is 0 Å². The zero-order valence-corrected chi connectivity index (χ0v) is 13.6. The summed E-state index contributed by atoms with van der Waals surface area (Å²) in [5.41, 5.74) is 5.86. The van der Waals surface area contributed by atoms with Gasteiger partial charge in [0.15, 0.2) is 0 Å². The molecule has 6 nitrogen and oxygen atoms in total. The smallest absolute Gasteiger partial charge is 0.242 e. The third-order valence-electron chi connectivity index (χ3n) is 3.70. The molecule has 0 radical (unpaired) electrons. The molecule has 1 aromatic heterocycles. The second-order valence-electron chi connectivity index (χ2n) is 5.34. The van der Waals surface area contributed by atoms with Crippen LogP contribution in [0.5, 0.6) is 0 Å². The van der Waals surface area contributed by atoms with Gasteiger partial charge >= 0.3 is 0 Å². The maximum Gasteiger partial charge on any atom is 0.242 e. The summed E-state index contributed by atoms with van der Waals surface area (Å²) in [7, 11) is -1.45. The number of thiocarbonyl (C=S) groups is 1. The molecule has 0 saturated carbocycles. The first-order chi connectivity index (χ1) is 9.88. The molecular weight excluding hydrogens is 308 g/mol. The van der Waals surface area contributed by atoms with Crippen LogP contribution in [0.25, 0.3) is 0 Å². The first-order valence-electron chi connectivity index (χ1n) is 6.82. The van der Waals surface area contributed by atoms with Crippen molar-refractivity contribution in [2.75, 3.05) is 26.7 Å². The number of piperidine rings is 1. The summed E-state index contributed by atoms with van der Waals surface area (Å²) in [6, 6.07) is 2.99. The minimum absolute atomic E-state index is 0.135. The molecule has 0 spiro atoms. The molecule has 1 aromatic rings. The molecule has 1 saturated heterocycles. The summed E-state index contributed by atoms with van der Waals surface area (Å²) in [5, 5.41) is 0. The average molecular weight is 328 g/mol. The monoisotopic (exact) mass is 328 g/mol. The Kier molecular flexibility index (Phi) is 5.26. The molecule has 0 atom stereocenters. The van der Waals surface area contributed by atoms with Gasteiger partial charge in [0.2, 0.25) is 10.0 Å². The van der Waals surface area contributed by atoms with Gasteiger partial charge in [0.05, 0.1) is 5.69 Å². The van der Waals surface area contributed by atoms with Gasteiger partial charge in [0, 0.05) is 12.7 Å². The normalized spacial score (nSPS) is 17.8. The van der Waals surface area contributed by atoms with Gasteiger partial charge in [0.25, 0.3) is 0 Å². The van der Waals surface area contributed by atoms with E-state index < -0.39 is 10.0 Å². The quantitative estimate of drug-likeness (QED) is 0.758. The Bertz CT molecular complexity index is 593. The van der Waals surface area contributed by atoms with Crippen molar-refractivity contribution in [3.05, 3.63) is 24.0 Å². The standard InChI is InChI=1S/C13H20N4O2S2/c1-17-6-4-10(5-7-17)8-16-21(18,19)11-2-3-12(13(14)20)15-9-11/h2-3,9-10,16H,4-8H2,1H3,(H2,14,20). The van der Waals surface area contributed by atoms with E-state index in [0.29, 0.717) is 18.2 Å². The molecule has 1 aliphatic heterocycles. The third-order valence-corrected chi connectivity index (χ3v) is 5.32. The van der Waals surface area contributed by atoms with Crippen LogP contribution >= 0.6 is 12.2 Å². The molecule has 2 heterocycles. The van der Waals surface area contributed by atoms with E-state index in [9.17, 15) is 8.42 Å². The third kappa shape index (κ3) is 4.44. The fourth-order valence-corrected chi connectivity index (χ4v) is 3.44. The van der Waals surface area contributed by atoms with E-state index in [4.69, 9.17) is 18.0 Å². The van der Waals surface area contributed by atoms with E-state index >= 15 is 0 Å². The molecule has 2 rings (SSSR count). The van der Waals surface area contributed by atoms with E-state index in [-0.39, 0.29) is 9.88 Å². The van der Waals surface area contributed by atoms with Crippen LogP contribution < -0.4 is 10.5 Å². The predicted molar refractivity (Wildman–Crippen MR) is 85.5 cm³/mol. The molecular formula is C13H20N4O2S2. The van der Waals surface area contributed by atoms with Crippen LogP contribution in [0.15, 0.2) is 23.2 Å². The average Bonchev–Trinajstić information content (AvgIpc) is 2.47. The summed E-state index contributed by atoms with van der Waals surface area (Å²) in [6.07, 6.45) is 3.31. The van der Waals surface area contributed by atoms with Crippen molar-refractivity contribution >= 4 is 27.2 Å². The molecule has 3 N–H and O–H groups in total. The maximum absolute atomic E-state index is 12.2. The Morgan fingerprint density at radius 3 is 2.67 bits per heavy atom. The Labute approximate surface area is 130 Å². The number of aromatic nitrogens is 1. The van der Waals surface area contributed by atoms with Crippen molar-refractivity contribution in [1.29, 1.82) is 0 Å². The summed E-state index contributed by atoms with van der Waals surface area (Å²) < 4.78 is 27.0. The van der Waals surface area contributed by atoms with Crippen molar-refractivity contribution in [2.45, 2.75) is 17.7 Å². The summed E-state index contributed by atoms with van der Waals surface area (Å²) in [5.74, 6) is 0.389. The number of likely N-dealkylation sites (tertiary alicyclic amines) is 1. The lowest BCUT2D eigenvalue weighted by molar-refractivity contribution is 0.220. The van der Waals surface area contributed by atoms with Gasteiger partial charge < -0.3 is 10.6 Å². The largest absolute Gasteiger partial charge is 0.388 e. The van der Waals surface area contributed by atoms with Gasteiger partial charge in [0.1, 0.15) is 9.88 Å². The van der Waals surface area contributed by atoms with Gasteiger partial charge in [-0.05, 0) is 51.0 Å². The minimum atomic E-state index is -3.53. The number of hydrogen-bond donors (Lipinski definition) is 2. The number of pyridine rings is 1. The summed E-state index contributed by atoms with van der Waals surface area (Å²) in [4.78, 5) is 6.50. The highest BCUT2D eigenvalue weighted by Gasteiger charge is 2.20. The minimum Gasteiger partial charge on any atom is -0.388 e. The molecule has 8 heteroatoms. The van der Waals surface area contributed by atoms with E-state index in [0.717, 1.165) is 25.9 Å². The van der Waals surface area contributed by atoms with E-state index in [1.807, 2.05) is 0 Å². The molecule has 0 bridgehead atoms. The number of hydrogen-bond acceptors (Lipinski definition) is 5. The number of nitrogens with one attached hydrogen (secondary N) is 1. The van der Waals surface area contributed by atoms with Gasteiger partial charge in [-0.1, -0.05) is 12.2 Å². The van der Waals surface area contributed by atoms with Gasteiger partial charge in [-0.15, -0.1) is 0 Å². The van der Waals surface area contributed by atoms with Crippen molar-refractivity contribution in [3.63, 3.8) is 0 Å². The van der Waals surface area contributed by atoms with Crippen LogP contribution in [0.3, 0.4) is 0 Å². The SMILES string of the molecule is CN1CCC(CNS(=O)(=O)c2ccc(C(N)=S)nc2)CC1. The molecule has 1 aliphatic rings. The highest BCUT2D eigenvalue weighted by atomic mass is 32.2. The van der Waals surface area contributed by atoms with Crippen LogP contribution in [0.1, 0.15) is 18.5 Å². The summed E-state index contributed by atoms with van der Waals surface area (Å²) >= 11 is 4.79. The lowest BCUT2D eigenvalue weighted by Crippen LogP contribution is -2.36. The highest BCUT2D eigenvalue weighted by molar-refractivity contribution is 7.89. The van der Waals surface area contributed by atoms with Gasteiger partial charge in [-0.3, -0.25) is 4.98 Å². The lowest BCUT2D eigenvalue weighted by atomic mass is 9.98. The fraction of sp³-hybridized carbons (Fsp3) is 0.538. The molecule has 0 aliphatic carbocycles. The molecule has 0 unspecified atom stereocenters. The van der Waals surface area contributed by atoms with Crippen molar-refractivity contribution in [2.24, 2.45) is 11.7 Å². The highest BCUT2D eigenvalue weighted by Crippen LogP contribution is 2.16. The summed E-state index contributed by atoms with van der Waals surface area (Å²) in [6.45, 7) is 2.49. The molecule has 21 heavy (non-hydrogen) atoms. The number of rotatable bonds is 5. The van der Waals surface area contributed by atoms with Crippen molar-refractivity contribution in [3.8, 4) is 0 Å². The lowest BCUT2D eigenvalue weighted by Gasteiger charge is -2.28. The van der Waals surface area contributed by atoms with Gasteiger partial charge in [-0.25, -0.2) is 13.1 Å². The number of nitrogens with two attached hydrogens (primary N) is 1. The topological polar surface area (TPSA) is 88.3 Å². The van der Waals surface area contributed by atoms with Gasteiger partial charge in [-0.2, -0.15) is 0 Å². The zero-order chi connectivity index (χ0) is 15.5. The second-order valence-corrected chi connectivity index (χ2v) is 7.55.